The molecule has 9 heteroatoms. The maximum atomic E-state index is 13.8. The van der Waals surface area contributed by atoms with Gasteiger partial charge in [0.2, 0.25) is 0 Å². The van der Waals surface area contributed by atoms with Gasteiger partial charge in [-0.3, -0.25) is 4.79 Å². The Kier molecular flexibility index (Phi) is 4.77. The highest BCUT2D eigenvalue weighted by Crippen LogP contribution is 2.26. The fourth-order valence-electron chi connectivity index (χ4n) is 2.77. The third-order valence-electron chi connectivity index (χ3n) is 4.06. The monoisotopic (exact) mass is 381 g/mol. The summed E-state index contributed by atoms with van der Waals surface area (Å²) in [6.07, 6.45) is -3.35. The van der Waals surface area contributed by atoms with Crippen LogP contribution in [0.1, 0.15) is 21.5 Å². The SMILES string of the molecule is Cc1ccc2ncn(C)c2c1CNC(=O)c1ccc(OC(F)(F)F)c(F)c1. The quantitative estimate of drug-likeness (QED) is 0.699. The summed E-state index contributed by atoms with van der Waals surface area (Å²) in [6, 6.07) is 6.28. The van der Waals surface area contributed by atoms with Gasteiger partial charge in [-0.2, -0.15) is 0 Å². The molecule has 0 saturated heterocycles. The summed E-state index contributed by atoms with van der Waals surface area (Å²) in [7, 11) is 1.83. The van der Waals surface area contributed by atoms with Crippen LogP contribution in [0, 0.1) is 12.7 Å². The van der Waals surface area contributed by atoms with Crippen molar-refractivity contribution in [2.75, 3.05) is 0 Å². The molecule has 0 fully saturated rings. The number of aryl methyl sites for hydroxylation is 2. The molecular weight excluding hydrogens is 366 g/mol. The molecule has 1 heterocycles. The number of rotatable bonds is 4. The van der Waals surface area contributed by atoms with Gasteiger partial charge in [0, 0.05) is 24.7 Å². The van der Waals surface area contributed by atoms with Crippen molar-refractivity contribution in [2.45, 2.75) is 19.8 Å². The second-order valence-corrected chi connectivity index (χ2v) is 5.96. The highest BCUT2D eigenvalue weighted by molar-refractivity contribution is 5.94. The van der Waals surface area contributed by atoms with E-state index < -0.39 is 23.8 Å². The number of imidazole rings is 1. The predicted molar refractivity (Wildman–Crippen MR) is 89.7 cm³/mol. The summed E-state index contributed by atoms with van der Waals surface area (Å²) < 4.78 is 55.7. The molecule has 0 unspecified atom stereocenters. The third-order valence-corrected chi connectivity index (χ3v) is 4.06. The largest absolute Gasteiger partial charge is 0.573 e. The van der Waals surface area contributed by atoms with E-state index in [1.54, 1.807) is 6.33 Å². The highest BCUT2D eigenvalue weighted by Gasteiger charge is 2.32. The van der Waals surface area contributed by atoms with Gasteiger partial charge in [-0.15, -0.1) is 13.2 Å². The van der Waals surface area contributed by atoms with E-state index in [4.69, 9.17) is 0 Å². The van der Waals surface area contributed by atoms with Crippen LogP contribution in [0.3, 0.4) is 0 Å². The van der Waals surface area contributed by atoms with Gasteiger partial charge in [-0.05, 0) is 36.8 Å². The Morgan fingerprint density at radius 2 is 2.00 bits per heavy atom. The Balaban J connectivity index is 1.78. The van der Waals surface area contributed by atoms with Gasteiger partial charge in [-0.1, -0.05) is 6.07 Å². The maximum absolute atomic E-state index is 13.8. The van der Waals surface area contributed by atoms with E-state index >= 15 is 0 Å². The van der Waals surface area contributed by atoms with Crippen molar-refractivity contribution in [3.05, 3.63) is 59.2 Å². The molecule has 0 atom stereocenters. The van der Waals surface area contributed by atoms with Crippen LogP contribution in [0.25, 0.3) is 11.0 Å². The maximum Gasteiger partial charge on any atom is 0.573 e. The molecule has 142 valence electrons. The Morgan fingerprint density at radius 3 is 2.67 bits per heavy atom. The first kappa shape index (κ1) is 18.7. The molecule has 3 aromatic rings. The van der Waals surface area contributed by atoms with Crippen molar-refractivity contribution >= 4 is 16.9 Å². The van der Waals surface area contributed by atoms with Crippen molar-refractivity contribution in [3.8, 4) is 5.75 Å². The first-order chi connectivity index (χ1) is 12.7. The third kappa shape index (κ3) is 4.02. The molecule has 0 saturated carbocycles. The molecule has 2 aromatic carbocycles. The minimum atomic E-state index is -5.01. The highest BCUT2D eigenvalue weighted by atomic mass is 19.4. The summed E-state index contributed by atoms with van der Waals surface area (Å²) in [6.45, 7) is 2.04. The average Bonchev–Trinajstić information content (AvgIpc) is 2.96. The van der Waals surface area contributed by atoms with Crippen LogP contribution in [0.5, 0.6) is 5.75 Å². The van der Waals surface area contributed by atoms with E-state index in [0.717, 1.165) is 34.3 Å². The minimum Gasteiger partial charge on any atom is -0.403 e. The van der Waals surface area contributed by atoms with E-state index in [1.165, 1.54) is 0 Å². The fourth-order valence-corrected chi connectivity index (χ4v) is 2.77. The molecule has 0 spiro atoms. The summed E-state index contributed by atoms with van der Waals surface area (Å²) in [5, 5.41) is 2.65. The number of amides is 1. The number of hydrogen-bond donors (Lipinski definition) is 1. The molecule has 0 bridgehead atoms. The lowest BCUT2D eigenvalue weighted by Crippen LogP contribution is -2.24. The number of fused-ring (bicyclic) bond motifs is 1. The van der Waals surface area contributed by atoms with E-state index in [-0.39, 0.29) is 12.1 Å². The van der Waals surface area contributed by atoms with Gasteiger partial charge >= 0.3 is 6.36 Å². The van der Waals surface area contributed by atoms with E-state index in [1.807, 2.05) is 30.7 Å². The molecular formula is C18H15F4N3O2. The van der Waals surface area contributed by atoms with Gasteiger partial charge < -0.3 is 14.6 Å². The van der Waals surface area contributed by atoms with Crippen LogP contribution in [-0.2, 0) is 13.6 Å². The molecule has 0 radical (unpaired) electrons. The van der Waals surface area contributed by atoms with Crippen LogP contribution in [0.4, 0.5) is 17.6 Å². The number of hydrogen-bond acceptors (Lipinski definition) is 3. The number of carbonyl (C=O) groups is 1. The first-order valence-electron chi connectivity index (χ1n) is 7.88. The smallest absolute Gasteiger partial charge is 0.403 e. The second kappa shape index (κ2) is 6.90. The van der Waals surface area contributed by atoms with E-state index in [2.05, 4.69) is 15.0 Å². The van der Waals surface area contributed by atoms with Crippen LogP contribution in [-0.4, -0.2) is 21.8 Å². The zero-order valence-electron chi connectivity index (χ0n) is 14.4. The number of nitrogens with one attached hydrogen (secondary N) is 1. The molecule has 1 aromatic heterocycles. The summed E-state index contributed by atoms with van der Waals surface area (Å²) in [5.41, 5.74) is 3.30. The molecule has 1 amide bonds. The van der Waals surface area contributed by atoms with Crippen molar-refractivity contribution < 1.29 is 27.1 Å². The predicted octanol–water partition coefficient (Wildman–Crippen LogP) is 3.85. The lowest BCUT2D eigenvalue weighted by molar-refractivity contribution is -0.275. The minimum absolute atomic E-state index is 0.114. The van der Waals surface area contributed by atoms with Crippen LogP contribution in [0.2, 0.25) is 0 Å². The number of carbonyl (C=O) groups excluding carboxylic acids is 1. The van der Waals surface area contributed by atoms with Gasteiger partial charge in [0.1, 0.15) is 0 Å². The van der Waals surface area contributed by atoms with Crippen molar-refractivity contribution in [3.63, 3.8) is 0 Å². The first-order valence-corrected chi connectivity index (χ1v) is 7.88. The molecule has 0 aliphatic carbocycles. The summed E-state index contributed by atoms with van der Waals surface area (Å²) in [5.74, 6) is -2.88. The summed E-state index contributed by atoms with van der Waals surface area (Å²) in [4.78, 5) is 16.5. The number of ether oxygens (including phenoxy) is 1. The zero-order valence-corrected chi connectivity index (χ0v) is 14.4. The Bertz CT molecular complexity index is 1010. The molecule has 0 aliphatic heterocycles. The van der Waals surface area contributed by atoms with Crippen LogP contribution >= 0.6 is 0 Å². The molecule has 5 nitrogen and oxygen atoms in total. The van der Waals surface area contributed by atoms with Crippen molar-refractivity contribution in [1.82, 2.24) is 14.9 Å². The fraction of sp³-hybridized carbons (Fsp3) is 0.222. The number of benzene rings is 2. The van der Waals surface area contributed by atoms with Crippen LogP contribution in [0.15, 0.2) is 36.7 Å². The molecule has 0 aliphatic rings. The molecule has 1 N–H and O–H groups in total. The topological polar surface area (TPSA) is 56.2 Å². The Labute approximate surface area is 151 Å². The van der Waals surface area contributed by atoms with Crippen LogP contribution < -0.4 is 10.1 Å². The van der Waals surface area contributed by atoms with Gasteiger partial charge in [0.15, 0.2) is 11.6 Å². The Hall–Kier alpha value is -3.10. The van der Waals surface area contributed by atoms with E-state index in [0.29, 0.717) is 6.07 Å². The number of nitrogens with zero attached hydrogens (tertiary/aromatic N) is 2. The van der Waals surface area contributed by atoms with Gasteiger partial charge in [0.25, 0.3) is 5.91 Å². The zero-order chi connectivity index (χ0) is 19.8. The number of alkyl halides is 3. The second-order valence-electron chi connectivity index (χ2n) is 5.96. The van der Waals surface area contributed by atoms with Crippen molar-refractivity contribution in [2.24, 2.45) is 7.05 Å². The lowest BCUT2D eigenvalue weighted by Gasteiger charge is -2.12. The number of halogens is 4. The molecule has 3 rings (SSSR count). The normalized spacial score (nSPS) is 11.6. The van der Waals surface area contributed by atoms with Gasteiger partial charge in [0.05, 0.1) is 17.4 Å². The summed E-state index contributed by atoms with van der Waals surface area (Å²) >= 11 is 0. The Morgan fingerprint density at radius 1 is 1.26 bits per heavy atom. The van der Waals surface area contributed by atoms with Crippen molar-refractivity contribution in [1.29, 1.82) is 0 Å². The standard InChI is InChI=1S/C18H15F4N3O2/c1-10-3-5-14-16(25(2)9-24-14)12(10)8-23-17(26)11-4-6-15(13(19)7-11)27-18(20,21)22/h3-7,9H,8H2,1-2H3,(H,23,26). The average molecular weight is 381 g/mol. The van der Waals surface area contributed by atoms with Gasteiger partial charge in [-0.25, -0.2) is 9.37 Å². The molecule has 27 heavy (non-hydrogen) atoms. The number of aromatic nitrogens is 2. The lowest BCUT2D eigenvalue weighted by atomic mass is 10.1. The van der Waals surface area contributed by atoms with E-state index in [9.17, 15) is 22.4 Å².